The summed E-state index contributed by atoms with van der Waals surface area (Å²) in [5, 5.41) is 17.1. The van der Waals surface area contributed by atoms with Crippen LogP contribution in [0.4, 0.5) is 26.3 Å². The van der Waals surface area contributed by atoms with Gasteiger partial charge in [-0.25, -0.2) is 0 Å². The van der Waals surface area contributed by atoms with Gasteiger partial charge in [-0.1, -0.05) is 91.0 Å². The average Bonchev–Trinajstić information content (AvgIpc) is 4.00. The number of para-hydroxylation sites is 4. The summed E-state index contributed by atoms with van der Waals surface area (Å²) >= 11 is 0. The first-order valence-corrected chi connectivity index (χ1v) is 20.5. The van der Waals surface area contributed by atoms with Crippen LogP contribution in [0.15, 0.2) is 152 Å². The summed E-state index contributed by atoms with van der Waals surface area (Å²) in [5.41, 5.74) is 1.35. The minimum atomic E-state index is -5.23. The summed E-state index contributed by atoms with van der Waals surface area (Å²) in [6.07, 6.45) is -10.5. The summed E-state index contributed by atoms with van der Waals surface area (Å²) in [6.45, 7) is 0. The molecule has 12 aromatic rings. The molecule has 0 aliphatic heterocycles. The molecule has 4 heterocycles. The molecule has 0 bridgehead atoms. The molecule has 0 aliphatic carbocycles. The van der Waals surface area contributed by atoms with Crippen LogP contribution in [0.3, 0.4) is 0 Å². The van der Waals surface area contributed by atoms with Crippen LogP contribution in [-0.2, 0) is 26.4 Å². The number of halogens is 6. The van der Waals surface area contributed by atoms with E-state index >= 15 is 26.3 Å². The molecular formula is C53H31F6N5. The molecule has 64 heavy (non-hydrogen) atoms. The van der Waals surface area contributed by atoms with E-state index in [4.69, 9.17) is 0 Å². The fourth-order valence-electron chi connectivity index (χ4n) is 10.5. The van der Waals surface area contributed by atoms with Gasteiger partial charge in [0.1, 0.15) is 0 Å². The van der Waals surface area contributed by atoms with Gasteiger partial charge in [0, 0.05) is 79.3 Å². The van der Waals surface area contributed by atoms with E-state index in [9.17, 15) is 5.26 Å². The Balaban J connectivity index is 1.40. The Morgan fingerprint density at radius 2 is 0.797 bits per heavy atom. The third-order valence-corrected chi connectivity index (χ3v) is 13.1. The highest BCUT2D eigenvalue weighted by atomic mass is 19.4. The molecule has 8 aromatic carbocycles. The van der Waals surface area contributed by atoms with Crippen molar-refractivity contribution in [2.45, 2.75) is 12.4 Å². The molecule has 0 spiro atoms. The largest absolute Gasteiger partial charge is 0.417 e. The minimum Gasteiger partial charge on any atom is -0.344 e. The van der Waals surface area contributed by atoms with Crippen molar-refractivity contribution in [3.05, 3.63) is 168 Å². The molecule has 11 heteroatoms. The van der Waals surface area contributed by atoms with Gasteiger partial charge < -0.3 is 18.3 Å². The van der Waals surface area contributed by atoms with Crippen molar-refractivity contribution in [1.82, 2.24) is 18.3 Å². The van der Waals surface area contributed by atoms with E-state index in [1.165, 1.54) is 12.1 Å². The molecular weight excluding hydrogens is 821 g/mol. The molecule has 0 unspecified atom stereocenters. The average molecular weight is 852 g/mol. The number of benzene rings is 8. The monoisotopic (exact) mass is 851 g/mol. The van der Waals surface area contributed by atoms with E-state index in [0.717, 1.165) is 71.2 Å². The predicted molar refractivity (Wildman–Crippen MR) is 243 cm³/mol. The SMILES string of the molecule is Cn1c2ccccc2c2c1ccc1c3ccccc3n(-c3cc(C#N)cc(-n4c5ccccc5c5ccc6c(c7ccccc7n6C)c54)c3-c3c(C(F)(F)F)cccc3C(F)(F)F)c12. The Kier molecular flexibility index (Phi) is 7.69. The number of hydrogen-bond donors (Lipinski definition) is 0. The van der Waals surface area contributed by atoms with Crippen molar-refractivity contribution in [3.63, 3.8) is 0 Å². The van der Waals surface area contributed by atoms with E-state index in [1.807, 2.05) is 132 Å². The lowest BCUT2D eigenvalue weighted by Gasteiger charge is -2.26. The molecule has 0 amide bonds. The number of fused-ring (bicyclic) bond motifs is 14. The van der Waals surface area contributed by atoms with Crippen molar-refractivity contribution >= 4 is 87.2 Å². The van der Waals surface area contributed by atoms with Crippen molar-refractivity contribution in [2.24, 2.45) is 14.1 Å². The van der Waals surface area contributed by atoms with Gasteiger partial charge in [0.15, 0.2) is 0 Å². The molecule has 0 saturated heterocycles. The quantitative estimate of drug-likeness (QED) is 0.163. The van der Waals surface area contributed by atoms with Gasteiger partial charge in [0.05, 0.1) is 67.2 Å². The number of nitrogens with zero attached hydrogens (tertiary/aromatic N) is 5. The first kappa shape index (κ1) is 37.8. The normalized spacial score (nSPS) is 12.7. The van der Waals surface area contributed by atoms with Crippen LogP contribution >= 0.6 is 0 Å². The van der Waals surface area contributed by atoms with Crippen molar-refractivity contribution < 1.29 is 26.3 Å². The summed E-state index contributed by atoms with van der Waals surface area (Å²) < 4.78 is 102. The van der Waals surface area contributed by atoms with Gasteiger partial charge >= 0.3 is 12.4 Å². The summed E-state index contributed by atoms with van der Waals surface area (Å²) in [5.74, 6) is 0. The molecule has 0 saturated carbocycles. The smallest absolute Gasteiger partial charge is 0.344 e. The summed E-state index contributed by atoms with van der Waals surface area (Å²) in [4.78, 5) is 0. The predicted octanol–water partition coefficient (Wildman–Crippen LogP) is 14.7. The van der Waals surface area contributed by atoms with Crippen LogP contribution in [0.5, 0.6) is 0 Å². The van der Waals surface area contributed by atoms with E-state index in [-0.39, 0.29) is 22.5 Å². The highest BCUT2D eigenvalue weighted by Crippen LogP contribution is 2.52. The lowest BCUT2D eigenvalue weighted by atomic mass is 9.89. The first-order valence-electron chi connectivity index (χ1n) is 20.5. The minimum absolute atomic E-state index is 0.0149. The number of aromatic nitrogens is 4. The molecule has 12 rings (SSSR count). The second-order valence-electron chi connectivity index (χ2n) is 16.3. The van der Waals surface area contributed by atoms with Crippen molar-refractivity contribution in [1.29, 1.82) is 5.26 Å². The van der Waals surface area contributed by atoms with Crippen molar-refractivity contribution in [3.8, 4) is 28.6 Å². The topological polar surface area (TPSA) is 43.5 Å². The molecule has 0 aliphatic rings. The Labute approximate surface area is 359 Å². The van der Waals surface area contributed by atoms with E-state index in [1.54, 1.807) is 21.3 Å². The van der Waals surface area contributed by atoms with Crippen LogP contribution in [0, 0.1) is 11.3 Å². The zero-order valence-corrected chi connectivity index (χ0v) is 33.9. The van der Waals surface area contributed by atoms with Gasteiger partial charge in [-0.2, -0.15) is 31.6 Å². The summed E-state index contributed by atoms with van der Waals surface area (Å²) in [6, 6.07) is 45.4. The molecule has 0 N–H and O–H groups in total. The van der Waals surface area contributed by atoms with E-state index in [0.29, 0.717) is 34.2 Å². The third-order valence-electron chi connectivity index (χ3n) is 13.1. The Morgan fingerprint density at radius 3 is 1.20 bits per heavy atom. The van der Waals surface area contributed by atoms with Gasteiger partial charge in [0.2, 0.25) is 0 Å². The second kappa shape index (κ2) is 13.0. The highest BCUT2D eigenvalue weighted by molar-refractivity contribution is 6.27. The van der Waals surface area contributed by atoms with Gasteiger partial charge in [-0.15, -0.1) is 0 Å². The standard InChI is InChI=1S/C53H31F6N5/c1-61-38-18-7-5-14-34(38)46-42(61)24-22-32-30-12-3-9-20-40(30)63(50(32)46)44-26-29(28-60)27-45(49(44)48-36(52(54,55)56)16-11-17-37(48)53(57,58)59)64-41-21-10-4-13-31(41)33-23-25-43-47(51(33)64)35-15-6-8-19-39(35)62(43)2/h3-27H,1-2H3. The van der Waals surface area contributed by atoms with Crippen molar-refractivity contribution in [2.75, 3.05) is 0 Å². The van der Waals surface area contributed by atoms with Crippen LogP contribution < -0.4 is 0 Å². The zero-order valence-electron chi connectivity index (χ0n) is 33.9. The molecule has 0 fully saturated rings. The van der Waals surface area contributed by atoms with Gasteiger partial charge in [0.25, 0.3) is 0 Å². The number of aryl methyl sites for hydroxylation is 2. The maximum atomic E-state index is 15.7. The fraction of sp³-hybridized carbons (Fsp3) is 0.0755. The van der Waals surface area contributed by atoms with Crippen LogP contribution in [0.25, 0.3) is 110 Å². The number of nitriles is 1. The van der Waals surface area contributed by atoms with E-state index in [2.05, 4.69) is 6.07 Å². The molecule has 5 nitrogen and oxygen atoms in total. The lowest BCUT2D eigenvalue weighted by molar-refractivity contribution is -0.142. The Hall–Kier alpha value is -7.97. The van der Waals surface area contributed by atoms with Crippen LogP contribution in [0.2, 0.25) is 0 Å². The molecule has 310 valence electrons. The molecule has 0 radical (unpaired) electrons. The number of hydrogen-bond acceptors (Lipinski definition) is 1. The maximum Gasteiger partial charge on any atom is 0.417 e. The maximum absolute atomic E-state index is 15.7. The zero-order chi connectivity index (χ0) is 44.0. The third kappa shape index (κ3) is 5.02. The lowest BCUT2D eigenvalue weighted by Crippen LogP contribution is -2.16. The van der Waals surface area contributed by atoms with Crippen LogP contribution in [-0.4, -0.2) is 18.3 Å². The van der Waals surface area contributed by atoms with Crippen LogP contribution in [0.1, 0.15) is 16.7 Å². The number of alkyl halides is 6. The highest BCUT2D eigenvalue weighted by Gasteiger charge is 2.43. The second-order valence-corrected chi connectivity index (χ2v) is 16.3. The number of rotatable bonds is 3. The Bertz CT molecular complexity index is 3790. The fourth-order valence-corrected chi connectivity index (χ4v) is 10.5. The van der Waals surface area contributed by atoms with E-state index < -0.39 is 29.0 Å². The first-order chi connectivity index (χ1) is 30.9. The Morgan fingerprint density at radius 1 is 0.406 bits per heavy atom. The molecule has 4 aromatic heterocycles. The summed E-state index contributed by atoms with van der Waals surface area (Å²) in [7, 11) is 3.85. The van der Waals surface area contributed by atoms with Gasteiger partial charge in [-0.3, -0.25) is 0 Å². The van der Waals surface area contributed by atoms with Gasteiger partial charge in [-0.05, 0) is 60.7 Å². The molecule has 0 atom stereocenters.